The number of hydrogen-bond donors (Lipinski definition) is 1. The summed E-state index contributed by atoms with van der Waals surface area (Å²) in [6.45, 7) is 4.70. The third kappa shape index (κ3) is 4.13. The van der Waals surface area contributed by atoms with Crippen molar-refractivity contribution in [2.24, 2.45) is 5.92 Å². The van der Waals surface area contributed by atoms with Crippen molar-refractivity contribution in [3.8, 4) is 0 Å². The fourth-order valence-corrected chi connectivity index (χ4v) is 0.858. The monoisotopic (exact) mass is 116 g/mol. The molecule has 0 rings (SSSR count). The molecule has 1 N–H and O–H groups in total. The molecule has 0 aromatic rings. The largest absolute Gasteiger partial charge is 0.396 e. The van der Waals surface area contributed by atoms with Gasteiger partial charge in [-0.3, -0.25) is 0 Å². The van der Waals surface area contributed by atoms with Crippen LogP contribution < -0.4 is 0 Å². The highest BCUT2D eigenvalue weighted by Crippen LogP contribution is 2.07. The lowest BCUT2D eigenvalue weighted by Gasteiger charge is -2.05. The quantitative estimate of drug-likeness (QED) is 0.594. The van der Waals surface area contributed by atoms with Gasteiger partial charge < -0.3 is 5.11 Å². The average Bonchev–Trinajstić information content (AvgIpc) is 1.68. The predicted octanol–water partition coefficient (Wildman–Crippen LogP) is 1.81. The Balaban J connectivity index is 2.92. The zero-order chi connectivity index (χ0) is 6.41. The molecule has 0 radical (unpaired) electrons. The summed E-state index contributed by atoms with van der Waals surface area (Å²) in [6.07, 6.45) is 3.45. The summed E-state index contributed by atoms with van der Waals surface area (Å²) in [5.41, 5.74) is 0. The minimum atomic E-state index is 0.348. The number of hydrogen-bond acceptors (Lipinski definition) is 1. The summed E-state index contributed by atoms with van der Waals surface area (Å²) in [7, 11) is 0. The van der Waals surface area contributed by atoms with Gasteiger partial charge in [-0.1, -0.05) is 26.7 Å². The summed E-state index contributed by atoms with van der Waals surface area (Å²) in [5.74, 6) is 0.713. The zero-order valence-electron chi connectivity index (χ0n) is 5.85. The predicted molar refractivity (Wildman–Crippen MR) is 35.8 cm³/mol. The lowest BCUT2D eigenvalue weighted by molar-refractivity contribution is 0.258. The second kappa shape index (κ2) is 5.10. The van der Waals surface area contributed by atoms with Crippen molar-refractivity contribution in [2.75, 3.05) is 6.61 Å². The molecule has 0 heterocycles. The van der Waals surface area contributed by atoms with Crippen LogP contribution in [0.2, 0.25) is 0 Å². The van der Waals surface area contributed by atoms with Gasteiger partial charge in [-0.2, -0.15) is 0 Å². The van der Waals surface area contributed by atoms with Crippen molar-refractivity contribution in [1.82, 2.24) is 0 Å². The molecule has 0 aromatic heterocycles. The van der Waals surface area contributed by atoms with Crippen LogP contribution in [-0.2, 0) is 0 Å². The van der Waals surface area contributed by atoms with Crippen LogP contribution in [0.15, 0.2) is 0 Å². The van der Waals surface area contributed by atoms with Crippen LogP contribution in [0.1, 0.15) is 33.1 Å². The van der Waals surface area contributed by atoms with Gasteiger partial charge in [0.15, 0.2) is 0 Å². The van der Waals surface area contributed by atoms with E-state index in [9.17, 15) is 0 Å². The number of rotatable bonds is 4. The molecule has 1 nitrogen and oxygen atoms in total. The molecule has 0 saturated heterocycles. The Kier molecular flexibility index (Phi) is 5.08. The van der Waals surface area contributed by atoms with E-state index in [2.05, 4.69) is 13.8 Å². The van der Waals surface area contributed by atoms with Crippen LogP contribution in [0.25, 0.3) is 0 Å². The van der Waals surface area contributed by atoms with Gasteiger partial charge in [-0.05, 0) is 12.3 Å². The van der Waals surface area contributed by atoms with Gasteiger partial charge in [0.25, 0.3) is 0 Å². The van der Waals surface area contributed by atoms with E-state index in [4.69, 9.17) is 5.11 Å². The van der Waals surface area contributed by atoms with Gasteiger partial charge in [-0.25, -0.2) is 0 Å². The molecule has 8 heavy (non-hydrogen) atoms. The molecule has 0 amide bonds. The smallest absolute Gasteiger partial charge is 0.0433 e. The Labute approximate surface area is 51.7 Å². The Hall–Kier alpha value is -0.0400. The Morgan fingerprint density at radius 2 is 2.00 bits per heavy atom. The first-order valence-corrected chi connectivity index (χ1v) is 3.42. The van der Waals surface area contributed by atoms with Crippen molar-refractivity contribution in [2.45, 2.75) is 33.1 Å². The summed E-state index contributed by atoms with van der Waals surface area (Å²) in [6, 6.07) is 0. The molecule has 1 atom stereocenters. The highest BCUT2D eigenvalue weighted by molar-refractivity contribution is 4.49. The van der Waals surface area contributed by atoms with Crippen LogP contribution in [-0.4, -0.2) is 11.7 Å². The van der Waals surface area contributed by atoms with E-state index in [1.807, 2.05) is 0 Å². The standard InChI is InChI=1S/C7H16O/c1-3-4-7(2)5-6-8/h7-8H,3-6H2,1-2H3. The highest BCUT2D eigenvalue weighted by Gasteiger charge is 1.96. The summed E-state index contributed by atoms with van der Waals surface area (Å²) < 4.78 is 0. The molecular formula is C7H16O. The fraction of sp³-hybridized carbons (Fsp3) is 1.00. The lowest BCUT2D eigenvalue weighted by Crippen LogP contribution is -1.96. The van der Waals surface area contributed by atoms with E-state index in [0.717, 1.165) is 6.42 Å². The van der Waals surface area contributed by atoms with Gasteiger partial charge in [0, 0.05) is 6.61 Å². The third-order valence-electron chi connectivity index (χ3n) is 1.40. The molecule has 0 aliphatic heterocycles. The highest BCUT2D eigenvalue weighted by atomic mass is 16.2. The zero-order valence-corrected chi connectivity index (χ0v) is 5.85. The normalized spacial score (nSPS) is 13.9. The second-order valence-corrected chi connectivity index (χ2v) is 2.41. The molecular weight excluding hydrogens is 100 g/mol. The molecule has 1 heteroatoms. The molecule has 0 aliphatic rings. The van der Waals surface area contributed by atoms with Gasteiger partial charge in [0.1, 0.15) is 0 Å². The van der Waals surface area contributed by atoms with E-state index in [0.29, 0.717) is 12.5 Å². The minimum Gasteiger partial charge on any atom is -0.396 e. The number of aliphatic hydroxyl groups excluding tert-OH is 1. The van der Waals surface area contributed by atoms with E-state index < -0.39 is 0 Å². The third-order valence-corrected chi connectivity index (χ3v) is 1.40. The Morgan fingerprint density at radius 1 is 1.38 bits per heavy atom. The Morgan fingerprint density at radius 3 is 2.38 bits per heavy atom. The molecule has 0 spiro atoms. The first-order chi connectivity index (χ1) is 3.81. The van der Waals surface area contributed by atoms with Crippen LogP contribution in [0.3, 0.4) is 0 Å². The van der Waals surface area contributed by atoms with Gasteiger partial charge in [0.2, 0.25) is 0 Å². The van der Waals surface area contributed by atoms with Crippen LogP contribution in [0.5, 0.6) is 0 Å². The van der Waals surface area contributed by atoms with E-state index >= 15 is 0 Å². The van der Waals surface area contributed by atoms with E-state index in [1.54, 1.807) is 0 Å². The average molecular weight is 116 g/mol. The van der Waals surface area contributed by atoms with Crippen molar-refractivity contribution in [1.29, 1.82) is 0 Å². The van der Waals surface area contributed by atoms with Crippen molar-refractivity contribution >= 4 is 0 Å². The first kappa shape index (κ1) is 7.96. The molecule has 0 fully saturated rings. The van der Waals surface area contributed by atoms with E-state index in [-0.39, 0.29) is 0 Å². The summed E-state index contributed by atoms with van der Waals surface area (Å²) in [4.78, 5) is 0. The minimum absolute atomic E-state index is 0.348. The lowest BCUT2D eigenvalue weighted by atomic mass is 10.0. The van der Waals surface area contributed by atoms with Crippen LogP contribution in [0, 0.1) is 5.92 Å². The fourth-order valence-electron chi connectivity index (χ4n) is 0.858. The maximum Gasteiger partial charge on any atom is 0.0433 e. The van der Waals surface area contributed by atoms with E-state index in [1.165, 1.54) is 12.8 Å². The van der Waals surface area contributed by atoms with Crippen LogP contribution in [0.4, 0.5) is 0 Å². The maximum atomic E-state index is 8.46. The van der Waals surface area contributed by atoms with Crippen molar-refractivity contribution in [3.05, 3.63) is 0 Å². The second-order valence-electron chi connectivity index (χ2n) is 2.41. The molecule has 0 aromatic carbocycles. The van der Waals surface area contributed by atoms with Crippen molar-refractivity contribution in [3.63, 3.8) is 0 Å². The molecule has 0 bridgehead atoms. The summed E-state index contributed by atoms with van der Waals surface area (Å²) >= 11 is 0. The first-order valence-electron chi connectivity index (χ1n) is 3.42. The topological polar surface area (TPSA) is 20.2 Å². The number of aliphatic hydroxyl groups is 1. The van der Waals surface area contributed by atoms with Gasteiger partial charge in [-0.15, -0.1) is 0 Å². The Bertz CT molecular complexity index is 37.7. The van der Waals surface area contributed by atoms with Gasteiger partial charge in [0.05, 0.1) is 0 Å². The van der Waals surface area contributed by atoms with Crippen molar-refractivity contribution < 1.29 is 5.11 Å². The van der Waals surface area contributed by atoms with Crippen LogP contribution >= 0.6 is 0 Å². The molecule has 50 valence electrons. The maximum absolute atomic E-state index is 8.46. The molecule has 0 saturated carbocycles. The molecule has 0 aliphatic carbocycles. The SMILES string of the molecule is CCCC(C)CCO. The summed E-state index contributed by atoms with van der Waals surface area (Å²) in [5, 5.41) is 8.46. The van der Waals surface area contributed by atoms with Gasteiger partial charge >= 0.3 is 0 Å². The molecule has 1 unspecified atom stereocenters.